The van der Waals surface area contributed by atoms with Gasteiger partial charge >= 0.3 is 0 Å². The lowest BCUT2D eigenvalue weighted by Crippen LogP contribution is -2.36. The highest BCUT2D eigenvalue weighted by molar-refractivity contribution is 5.26. The fourth-order valence-corrected chi connectivity index (χ4v) is 2.68. The van der Waals surface area contributed by atoms with E-state index in [-0.39, 0.29) is 0 Å². The van der Waals surface area contributed by atoms with Crippen LogP contribution in [0.4, 0.5) is 0 Å². The summed E-state index contributed by atoms with van der Waals surface area (Å²) in [5.41, 5.74) is 8.77. The van der Waals surface area contributed by atoms with Crippen molar-refractivity contribution >= 4 is 0 Å². The van der Waals surface area contributed by atoms with E-state index in [1.165, 1.54) is 43.4 Å². The molecule has 0 aliphatic heterocycles. The number of aryl methyl sites for hydroxylation is 1. The van der Waals surface area contributed by atoms with Crippen LogP contribution < -0.4 is 5.73 Å². The molecule has 1 aliphatic rings. The summed E-state index contributed by atoms with van der Waals surface area (Å²) in [4.78, 5) is 2.64. The van der Waals surface area contributed by atoms with Crippen molar-refractivity contribution in [3.8, 4) is 0 Å². The predicted molar refractivity (Wildman–Crippen MR) is 77.6 cm³/mol. The first-order chi connectivity index (χ1) is 8.76. The monoisotopic (exact) mass is 246 g/mol. The molecule has 18 heavy (non-hydrogen) atoms. The Morgan fingerprint density at radius 1 is 1.39 bits per heavy atom. The zero-order valence-electron chi connectivity index (χ0n) is 11.7. The summed E-state index contributed by atoms with van der Waals surface area (Å²) in [6, 6.07) is 10.0. The van der Waals surface area contributed by atoms with Crippen LogP contribution in [0.25, 0.3) is 0 Å². The Morgan fingerprint density at radius 2 is 2.17 bits per heavy atom. The highest BCUT2D eigenvalue weighted by Gasteiger charge is 2.33. The van der Waals surface area contributed by atoms with Gasteiger partial charge in [0.2, 0.25) is 0 Å². The van der Waals surface area contributed by atoms with E-state index in [1.807, 2.05) is 0 Å². The molecule has 2 nitrogen and oxygen atoms in total. The molecule has 0 heterocycles. The summed E-state index contributed by atoms with van der Waals surface area (Å²) in [5.74, 6) is 0. The molecule has 0 aromatic heterocycles. The number of nitrogens with zero attached hydrogens (tertiary/aromatic N) is 1. The van der Waals surface area contributed by atoms with Crippen LogP contribution in [0, 0.1) is 6.92 Å². The molecule has 1 aromatic carbocycles. The molecule has 1 unspecified atom stereocenters. The third-order valence-electron chi connectivity index (χ3n) is 3.84. The van der Waals surface area contributed by atoms with Crippen molar-refractivity contribution in [2.45, 2.75) is 51.6 Å². The molecular weight excluding hydrogens is 220 g/mol. The summed E-state index contributed by atoms with van der Waals surface area (Å²) in [7, 11) is 0. The quantitative estimate of drug-likeness (QED) is 0.800. The average molecular weight is 246 g/mol. The molecule has 0 amide bonds. The Morgan fingerprint density at radius 3 is 2.72 bits per heavy atom. The third kappa shape index (κ3) is 3.33. The standard InChI is InChI=1S/C16H26N2/c1-3-4-10-18(15-8-9-15)16(12-17)14-7-5-6-13(2)11-14/h5-7,11,15-16H,3-4,8-10,12,17H2,1-2H3. The molecular formula is C16H26N2. The first-order valence-electron chi connectivity index (χ1n) is 7.28. The smallest absolute Gasteiger partial charge is 0.0473 e. The molecule has 1 saturated carbocycles. The number of hydrogen-bond donors (Lipinski definition) is 1. The second kappa shape index (κ2) is 6.35. The Balaban J connectivity index is 2.13. The van der Waals surface area contributed by atoms with Crippen molar-refractivity contribution in [2.24, 2.45) is 5.73 Å². The zero-order chi connectivity index (χ0) is 13.0. The number of hydrogen-bond acceptors (Lipinski definition) is 2. The Kier molecular flexibility index (Phi) is 4.79. The lowest BCUT2D eigenvalue weighted by Gasteiger charge is -2.31. The van der Waals surface area contributed by atoms with E-state index in [0.717, 1.165) is 12.6 Å². The topological polar surface area (TPSA) is 29.3 Å². The molecule has 0 spiro atoms. The predicted octanol–water partition coefficient (Wildman–Crippen LogP) is 3.26. The zero-order valence-corrected chi connectivity index (χ0v) is 11.7. The van der Waals surface area contributed by atoms with E-state index in [9.17, 15) is 0 Å². The van der Waals surface area contributed by atoms with E-state index in [1.54, 1.807) is 0 Å². The highest BCUT2D eigenvalue weighted by atomic mass is 15.2. The van der Waals surface area contributed by atoms with Gasteiger partial charge in [-0.1, -0.05) is 43.2 Å². The van der Waals surface area contributed by atoms with Gasteiger partial charge in [0, 0.05) is 18.6 Å². The maximum absolute atomic E-state index is 6.05. The number of rotatable bonds is 7. The van der Waals surface area contributed by atoms with Crippen LogP contribution in [0.3, 0.4) is 0 Å². The molecule has 2 heteroatoms. The highest BCUT2D eigenvalue weighted by Crippen LogP contribution is 2.34. The van der Waals surface area contributed by atoms with Gasteiger partial charge in [0.15, 0.2) is 0 Å². The first-order valence-corrected chi connectivity index (χ1v) is 7.28. The van der Waals surface area contributed by atoms with E-state index in [0.29, 0.717) is 6.04 Å². The van der Waals surface area contributed by atoms with Crippen LogP contribution in [-0.2, 0) is 0 Å². The molecule has 2 N–H and O–H groups in total. The summed E-state index contributed by atoms with van der Waals surface area (Å²) >= 11 is 0. The molecule has 0 bridgehead atoms. The van der Waals surface area contributed by atoms with Crippen LogP contribution in [0.1, 0.15) is 49.8 Å². The number of unbranched alkanes of at least 4 members (excludes halogenated alkanes) is 1. The normalized spacial score (nSPS) is 17.1. The molecule has 0 saturated heterocycles. The second-order valence-electron chi connectivity index (χ2n) is 5.49. The fraction of sp³-hybridized carbons (Fsp3) is 0.625. The lowest BCUT2D eigenvalue weighted by molar-refractivity contribution is 0.188. The van der Waals surface area contributed by atoms with Crippen LogP contribution in [-0.4, -0.2) is 24.0 Å². The van der Waals surface area contributed by atoms with Crippen LogP contribution >= 0.6 is 0 Å². The Labute approximate surface area is 111 Å². The van der Waals surface area contributed by atoms with Crippen molar-refractivity contribution < 1.29 is 0 Å². The summed E-state index contributed by atoms with van der Waals surface area (Å²) < 4.78 is 0. The summed E-state index contributed by atoms with van der Waals surface area (Å²) in [6.07, 6.45) is 5.24. The fourth-order valence-electron chi connectivity index (χ4n) is 2.68. The van der Waals surface area contributed by atoms with Crippen molar-refractivity contribution in [2.75, 3.05) is 13.1 Å². The molecule has 1 atom stereocenters. The number of benzene rings is 1. The van der Waals surface area contributed by atoms with Crippen LogP contribution in [0.2, 0.25) is 0 Å². The minimum atomic E-state index is 0.406. The Hall–Kier alpha value is -0.860. The summed E-state index contributed by atoms with van der Waals surface area (Å²) in [6.45, 7) is 6.33. The van der Waals surface area contributed by atoms with Gasteiger partial charge in [-0.05, 0) is 38.3 Å². The Bertz CT molecular complexity index is 371. The molecule has 0 radical (unpaired) electrons. The van der Waals surface area contributed by atoms with Gasteiger partial charge in [0.05, 0.1) is 0 Å². The van der Waals surface area contributed by atoms with Crippen LogP contribution in [0.5, 0.6) is 0 Å². The van der Waals surface area contributed by atoms with Crippen molar-refractivity contribution in [3.05, 3.63) is 35.4 Å². The van der Waals surface area contributed by atoms with E-state index in [4.69, 9.17) is 5.73 Å². The van der Waals surface area contributed by atoms with E-state index in [2.05, 4.69) is 43.0 Å². The van der Waals surface area contributed by atoms with E-state index < -0.39 is 0 Å². The van der Waals surface area contributed by atoms with Crippen molar-refractivity contribution in [3.63, 3.8) is 0 Å². The van der Waals surface area contributed by atoms with Gasteiger partial charge in [-0.2, -0.15) is 0 Å². The minimum Gasteiger partial charge on any atom is -0.329 e. The van der Waals surface area contributed by atoms with Gasteiger partial charge < -0.3 is 5.73 Å². The maximum atomic E-state index is 6.05. The minimum absolute atomic E-state index is 0.406. The van der Waals surface area contributed by atoms with Crippen molar-refractivity contribution in [1.29, 1.82) is 0 Å². The molecule has 1 fully saturated rings. The summed E-state index contributed by atoms with van der Waals surface area (Å²) in [5, 5.41) is 0. The van der Waals surface area contributed by atoms with Crippen LogP contribution in [0.15, 0.2) is 24.3 Å². The number of nitrogens with two attached hydrogens (primary N) is 1. The van der Waals surface area contributed by atoms with Crippen molar-refractivity contribution in [1.82, 2.24) is 4.90 Å². The second-order valence-corrected chi connectivity index (χ2v) is 5.49. The average Bonchev–Trinajstić information content (AvgIpc) is 3.18. The van der Waals surface area contributed by atoms with Gasteiger partial charge in [-0.15, -0.1) is 0 Å². The van der Waals surface area contributed by atoms with Gasteiger partial charge in [0.1, 0.15) is 0 Å². The molecule has 100 valence electrons. The SMILES string of the molecule is CCCCN(C1CC1)C(CN)c1cccc(C)c1. The molecule has 1 aromatic rings. The molecule has 1 aliphatic carbocycles. The molecule has 2 rings (SSSR count). The lowest BCUT2D eigenvalue weighted by atomic mass is 10.0. The maximum Gasteiger partial charge on any atom is 0.0473 e. The van der Waals surface area contributed by atoms with Gasteiger partial charge in [-0.25, -0.2) is 0 Å². The van der Waals surface area contributed by atoms with Gasteiger partial charge in [-0.3, -0.25) is 4.90 Å². The largest absolute Gasteiger partial charge is 0.329 e. The first kappa shape index (κ1) is 13.6. The van der Waals surface area contributed by atoms with E-state index >= 15 is 0 Å². The third-order valence-corrected chi connectivity index (χ3v) is 3.84. The van der Waals surface area contributed by atoms with Gasteiger partial charge in [0.25, 0.3) is 0 Å².